The van der Waals surface area contributed by atoms with E-state index in [1.807, 2.05) is 0 Å². The maximum Gasteiger partial charge on any atom is 0.339 e. The zero-order valence-corrected chi connectivity index (χ0v) is 8.15. The van der Waals surface area contributed by atoms with Crippen molar-refractivity contribution in [3.63, 3.8) is 0 Å². The number of carboxylic acids is 1. The molecule has 15 heavy (non-hydrogen) atoms. The monoisotopic (exact) mass is 209 g/mol. The topological polar surface area (TPSA) is 86.6 Å². The van der Waals surface area contributed by atoms with Gasteiger partial charge in [-0.25, -0.2) is 4.79 Å². The van der Waals surface area contributed by atoms with Crippen LogP contribution in [0.5, 0.6) is 5.75 Å². The van der Waals surface area contributed by atoms with E-state index in [1.54, 1.807) is 6.07 Å². The van der Waals surface area contributed by atoms with Crippen molar-refractivity contribution in [2.75, 3.05) is 0 Å². The fourth-order valence-corrected chi connectivity index (χ4v) is 1.09. The second-order valence-electron chi connectivity index (χ2n) is 3.07. The van der Waals surface area contributed by atoms with Crippen molar-refractivity contribution in [2.24, 2.45) is 0 Å². The molecule has 0 bridgehead atoms. The molecule has 1 aromatic carbocycles. The Hall–Kier alpha value is -2.04. The molecule has 0 aliphatic heterocycles. The first-order valence-corrected chi connectivity index (χ1v) is 4.30. The zero-order valence-electron chi connectivity index (χ0n) is 8.15. The first kappa shape index (κ1) is 11.0. The largest absolute Gasteiger partial charge is 0.507 e. The fourth-order valence-electron chi connectivity index (χ4n) is 1.09. The molecule has 0 atom stereocenters. The molecule has 0 saturated heterocycles. The summed E-state index contributed by atoms with van der Waals surface area (Å²) in [4.78, 5) is 21.3. The first-order valence-electron chi connectivity index (χ1n) is 4.30. The van der Waals surface area contributed by atoms with E-state index >= 15 is 0 Å². The van der Waals surface area contributed by atoms with E-state index in [-0.39, 0.29) is 23.8 Å². The van der Waals surface area contributed by atoms with Crippen molar-refractivity contribution in [3.8, 4) is 5.75 Å². The maximum atomic E-state index is 10.7. The normalized spacial score (nSPS) is 9.67. The van der Waals surface area contributed by atoms with Gasteiger partial charge in [-0.3, -0.25) is 4.79 Å². The van der Waals surface area contributed by atoms with E-state index in [2.05, 4.69) is 5.32 Å². The predicted molar refractivity (Wildman–Crippen MR) is 52.6 cm³/mol. The highest BCUT2D eigenvalue weighted by atomic mass is 16.4. The minimum atomic E-state index is -1.20. The SMILES string of the molecule is CC(=O)NCc1ccc(O)c(C(=O)O)c1. The number of aromatic carboxylic acids is 1. The van der Waals surface area contributed by atoms with Gasteiger partial charge in [-0.05, 0) is 17.7 Å². The van der Waals surface area contributed by atoms with Crippen LogP contribution in [-0.4, -0.2) is 22.1 Å². The lowest BCUT2D eigenvalue weighted by Gasteiger charge is -2.05. The van der Waals surface area contributed by atoms with E-state index in [4.69, 9.17) is 5.11 Å². The Kier molecular flexibility index (Phi) is 3.28. The van der Waals surface area contributed by atoms with Gasteiger partial charge in [0.2, 0.25) is 5.91 Å². The lowest BCUT2D eigenvalue weighted by molar-refractivity contribution is -0.119. The van der Waals surface area contributed by atoms with Crippen LogP contribution in [0.2, 0.25) is 0 Å². The lowest BCUT2D eigenvalue weighted by atomic mass is 10.1. The third kappa shape index (κ3) is 2.98. The number of aromatic hydroxyl groups is 1. The van der Waals surface area contributed by atoms with E-state index in [9.17, 15) is 14.7 Å². The summed E-state index contributed by atoms with van der Waals surface area (Å²) in [5.41, 5.74) is 0.457. The number of carboxylic acid groups (broad SMARTS) is 1. The fraction of sp³-hybridized carbons (Fsp3) is 0.200. The molecule has 80 valence electrons. The van der Waals surface area contributed by atoms with Gasteiger partial charge in [0.05, 0.1) is 0 Å². The van der Waals surface area contributed by atoms with E-state index in [1.165, 1.54) is 19.1 Å². The highest BCUT2D eigenvalue weighted by Crippen LogP contribution is 2.18. The summed E-state index contributed by atoms with van der Waals surface area (Å²) in [5, 5.41) is 20.5. The summed E-state index contributed by atoms with van der Waals surface area (Å²) < 4.78 is 0. The molecule has 0 aromatic heterocycles. The van der Waals surface area contributed by atoms with Gasteiger partial charge in [-0.1, -0.05) is 6.07 Å². The van der Waals surface area contributed by atoms with Crippen LogP contribution >= 0.6 is 0 Å². The van der Waals surface area contributed by atoms with E-state index in [0.717, 1.165) is 0 Å². The third-order valence-electron chi connectivity index (χ3n) is 1.83. The van der Waals surface area contributed by atoms with Gasteiger partial charge in [0.1, 0.15) is 11.3 Å². The van der Waals surface area contributed by atoms with Crippen molar-refractivity contribution >= 4 is 11.9 Å². The molecule has 0 radical (unpaired) electrons. The number of nitrogens with one attached hydrogen (secondary N) is 1. The predicted octanol–water partition coefficient (Wildman–Crippen LogP) is 0.726. The van der Waals surface area contributed by atoms with Crippen LogP contribution in [0.3, 0.4) is 0 Å². The van der Waals surface area contributed by atoms with Gasteiger partial charge in [-0.2, -0.15) is 0 Å². The minimum Gasteiger partial charge on any atom is -0.507 e. The summed E-state index contributed by atoms with van der Waals surface area (Å²) in [6.07, 6.45) is 0. The molecule has 0 fully saturated rings. The molecule has 0 spiro atoms. The second kappa shape index (κ2) is 4.45. The molecule has 3 N–H and O–H groups in total. The Morgan fingerprint density at radius 2 is 2.07 bits per heavy atom. The molecule has 0 unspecified atom stereocenters. The Balaban J connectivity index is 2.87. The second-order valence-corrected chi connectivity index (χ2v) is 3.07. The van der Waals surface area contributed by atoms with Crippen LogP contribution in [0.15, 0.2) is 18.2 Å². The number of hydrogen-bond donors (Lipinski definition) is 3. The molecule has 0 heterocycles. The number of benzene rings is 1. The first-order chi connectivity index (χ1) is 7.00. The van der Waals surface area contributed by atoms with Crippen LogP contribution < -0.4 is 5.32 Å². The van der Waals surface area contributed by atoms with Crippen LogP contribution in [-0.2, 0) is 11.3 Å². The van der Waals surface area contributed by atoms with Crippen molar-refractivity contribution < 1.29 is 19.8 Å². The summed E-state index contributed by atoms with van der Waals surface area (Å²) in [6, 6.07) is 4.17. The van der Waals surface area contributed by atoms with Gasteiger partial charge in [-0.15, -0.1) is 0 Å². The van der Waals surface area contributed by atoms with E-state index < -0.39 is 5.97 Å². The number of carbonyl (C=O) groups is 2. The third-order valence-corrected chi connectivity index (χ3v) is 1.83. The molecule has 5 nitrogen and oxygen atoms in total. The average Bonchev–Trinajstić information content (AvgIpc) is 2.16. The smallest absolute Gasteiger partial charge is 0.339 e. The quantitative estimate of drug-likeness (QED) is 0.684. The molecule has 0 aliphatic carbocycles. The Morgan fingerprint density at radius 3 is 2.60 bits per heavy atom. The standard InChI is InChI=1S/C10H11NO4/c1-6(12)11-5-7-2-3-9(13)8(4-7)10(14)15/h2-4,13H,5H2,1H3,(H,11,12)(H,14,15). The maximum absolute atomic E-state index is 10.7. The molecule has 1 rings (SSSR count). The Bertz CT molecular complexity index is 400. The zero-order chi connectivity index (χ0) is 11.4. The number of phenols is 1. The molecule has 1 amide bonds. The molecule has 0 saturated carbocycles. The number of carbonyl (C=O) groups excluding carboxylic acids is 1. The molecule has 5 heteroatoms. The van der Waals surface area contributed by atoms with E-state index in [0.29, 0.717) is 5.56 Å². The summed E-state index contributed by atoms with van der Waals surface area (Å²) in [6.45, 7) is 1.62. The lowest BCUT2D eigenvalue weighted by Crippen LogP contribution is -2.19. The number of amides is 1. The van der Waals surface area contributed by atoms with Gasteiger partial charge < -0.3 is 15.5 Å². The summed E-state index contributed by atoms with van der Waals surface area (Å²) in [5.74, 6) is -1.67. The molecule has 0 aliphatic rings. The Morgan fingerprint density at radius 1 is 1.40 bits per heavy atom. The van der Waals surface area contributed by atoms with Crippen LogP contribution in [0.4, 0.5) is 0 Å². The summed E-state index contributed by atoms with van der Waals surface area (Å²) >= 11 is 0. The van der Waals surface area contributed by atoms with Crippen LogP contribution in [0.25, 0.3) is 0 Å². The average molecular weight is 209 g/mol. The van der Waals surface area contributed by atoms with Gasteiger partial charge in [0.25, 0.3) is 0 Å². The van der Waals surface area contributed by atoms with Crippen molar-refractivity contribution in [1.29, 1.82) is 0 Å². The highest BCUT2D eigenvalue weighted by Gasteiger charge is 2.09. The summed E-state index contributed by atoms with van der Waals surface area (Å²) in [7, 11) is 0. The van der Waals surface area contributed by atoms with Crippen molar-refractivity contribution in [3.05, 3.63) is 29.3 Å². The van der Waals surface area contributed by atoms with Gasteiger partial charge in [0.15, 0.2) is 0 Å². The highest BCUT2D eigenvalue weighted by molar-refractivity contribution is 5.90. The minimum absolute atomic E-state index is 0.169. The van der Waals surface area contributed by atoms with Crippen molar-refractivity contribution in [2.45, 2.75) is 13.5 Å². The molecular weight excluding hydrogens is 198 g/mol. The number of hydrogen-bond acceptors (Lipinski definition) is 3. The Labute approximate surface area is 86.4 Å². The van der Waals surface area contributed by atoms with Gasteiger partial charge >= 0.3 is 5.97 Å². The molecule has 1 aromatic rings. The molecular formula is C10H11NO4. The number of rotatable bonds is 3. The van der Waals surface area contributed by atoms with Crippen LogP contribution in [0.1, 0.15) is 22.8 Å². The van der Waals surface area contributed by atoms with Crippen LogP contribution in [0, 0.1) is 0 Å². The van der Waals surface area contributed by atoms with Crippen molar-refractivity contribution in [1.82, 2.24) is 5.32 Å². The van der Waals surface area contributed by atoms with Gasteiger partial charge in [0, 0.05) is 13.5 Å².